The number of ether oxygens (including phenoxy) is 3. The van der Waals surface area contributed by atoms with Crippen LogP contribution in [0, 0.1) is 0 Å². The highest BCUT2D eigenvalue weighted by Gasteiger charge is 2.37. The highest BCUT2D eigenvalue weighted by Crippen LogP contribution is 2.38. The standard InChI is InChI=1S/C45H50N4O6/c1-48(45(52)42(50)37-30-40(53-2)43(55-4)41(31-37)54-3)39(29-35-13-7-5-8-14-35)44(51)49(32-36-15-9-6-10-16-36)38(19-11-17-33-21-25-46-26-22-33)20-12-18-34-23-27-47-28-24-34/h5-10,13-16,21-28,30-31,38-39H,11-12,17-20,29,32H2,1-4H3/t39-/m0/s1. The van der Waals surface area contributed by atoms with E-state index in [0.29, 0.717) is 12.3 Å². The first kappa shape index (κ1) is 40.2. The minimum atomic E-state index is -0.979. The second-order valence-corrected chi connectivity index (χ2v) is 13.5. The van der Waals surface area contributed by atoms with Gasteiger partial charge in [0.05, 0.1) is 21.3 Å². The monoisotopic (exact) mass is 742 g/mol. The number of nitrogens with zero attached hydrogens (tertiary/aromatic N) is 4. The Morgan fingerprint density at radius 3 is 1.60 bits per heavy atom. The molecule has 10 heteroatoms. The maximum absolute atomic E-state index is 15.3. The van der Waals surface area contributed by atoms with Crippen LogP contribution >= 0.6 is 0 Å². The SMILES string of the molecule is COc1cc(C(=O)C(=O)N(C)[C@@H](Cc2ccccc2)C(=O)N(Cc2ccccc2)C(CCCc2ccncc2)CCCc2ccncc2)cc(OC)c1OC. The Hall–Kier alpha value is -6.03. The Balaban J connectivity index is 1.50. The number of hydrogen-bond donors (Lipinski definition) is 0. The van der Waals surface area contributed by atoms with E-state index in [2.05, 4.69) is 9.97 Å². The fourth-order valence-corrected chi connectivity index (χ4v) is 6.86. The summed E-state index contributed by atoms with van der Waals surface area (Å²) in [5.41, 5.74) is 4.27. The van der Waals surface area contributed by atoms with Gasteiger partial charge >= 0.3 is 0 Å². The molecule has 0 aliphatic carbocycles. The van der Waals surface area contributed by atoms with E-state index >= 15 is 4.79 Å². The predicted molar refractivity (Wildman–Crippen MR) is 212 cm³/mol. The molecule has 0 unspecified atom stereocenters. The molecular formula is C45H50N4O6. The van der Waals surface area contributed by atoms with Gasteiger partial charge in [-0.05, 0) is 97.2 Å². The van der Waals surface area contributed by atoms with Crippen molar-refractivity contribution in [3.8, 4) is 17.2 Å². The molecule has 286 valence electrons. The van der Waals surface area contributed by atoms with Gasteiger partial charge in [-0.2, -0.15) is 0 Å². The number of methoxy groups -OCH3 is 3. The lowest BCUT2D eigenvalue weighted by Gasteiger charge is -2.38. The van der Waals surface area contributed by atoms with E-state index in [0.717, 1.165) is 49.7 Å². The van der Waals surface area contributed by atoms with Crippen LogP contribution in [0.1, 0.15) is 58.3 Å². The average molecular weight is 743 g/mol. The molecular weight excluding hydrogens is 693 g/mol. The van der Waals surface area contributed by atoms with Crippen molar-refractivity contribution in [1.29, 1.82) is 0 Å². The van der Waals surface area contributed by atoms with Gasteiger partial charge in [0.25, 0.3) is 11.7 Å². The Morgan fingerprint density at radius 1 is 0.636 bits per heavy atom. The number of hydrogen-bond acceptors (Lipinski definition) is 8. The number of benzene rings is 3. The molecule has 0 bridgehead atoms. The molecule has 1 atom stereocenters. The molecule has 3 aromatic carbocycles. The molecule has 55 heavy (non-hydrogen) atoms. The largest absolute Gasteiger partial charge is 0.493 e. The number of aryl methyl sites for hydroxylation is 2. The molecule has 0 saturated carbocycles. The third kappa shape index (κ3) is 11.0. The van der Waals surface area contributed by atoms with Crippen LogP contribution in [0.5, 0.6) is 17.2 Å². The number of pyridine rings is 2. The summed E-state index contributed by atoms with van der Waals surface area (Å²) < 4.78 is 16.3. The van der Waals surface area contributed by atoms with Crippen LogP contribution in [0.15, 0.2) is 122 Å². The lowest BCUT2D eigenvalue weighted by molar-refractivity contribution is -0.145. The molecule has 5 aromatic rings. The minimum Gasteiger partial charge on any atom is -0.493 e. The van der Waals surface area contributed by atoms with Crippen LogP contribution in [-0.4, -0.2) is 77.8 Å². The van der Waals surface area contributed by atoms with Crippen molar-refractivity contribution in [3.05, 3.63) is 150 Å². The van der Waals surface area contributed by atoms with Crippen LogP contribution in [-0.2, 0) is 35.4 Å². The molecule has 2 amide bonds. The van der Waals surface area contributed by atoms with E-state index in [1.807, 2.05) is 89.8 Å². The van der Waals surface area contributed by atoms with Crippen molar-refractivity contribution in [1.82, 2.24) is 19.8 Å². The summed E-state index contributed by atoms with van der Waals surface area (Å²) in [6.07, 6.45) is 12.3. The van der Waals surface area contributed by atoms with Gasteiger partial charge < -0.3 is 24.0 Å². The van der Waals surface area contributed by atoms with Crippen molar-refractivity contribution in [2.45, 2.75) is 63.6 Å². The Bertz CT molecular complexity index is 1890. The highest BCUT2D eigenvalue weighted by molar-refractivity contribution is 6.43. The second-order valence-electron chi connectivity index (χ2n) is 13.5. The van der Waals surface area contributed by atoms with Crippen LogP contribution in [0.4, 0.5) is 0 Å². The molecule has 0 radical (unpaired) electrons. The zero-order chi connectivity index (χ0) is 39.0. The second kappa shape index (κ2) is 20.4. The third-order valence-corrected chi connectivity index (χ3v) is 9.89. The zero-order valence-corrected chi connectivity index (χ0v) is 32.1. The van der Waals surface area contributed by atoms with Gasteiger partial charge in [0.2, 0.25) is 11.7 Å². The molecule has 5 rings (SSSR count). The van der Waals surface area contributed by atoms with Crippen LogP contribution < -0.4 is 14.2 Å². The fourth-order valence-electron chi connectivity index (χ4n) is 6.86. The van der Waals surface area contributed by atoms with E-state index in [1.165, 1.54) is 56.5 Å². The van der Waals surface area contributed by atoms with Crippen LogP contribution in [0.2, 0.25) is 0 Å². The van der Waals surface area contributed by atoms with E-state index in [-0.39, 0.29) is 35.4 Å². The van der Waals surface area contributed by atoms with E-state index in [9.17, 15) is 9.59 Å². The van der Waals surface area contributed by atoms with Crippen molar-refractivity contribution in [2.24, 2.45) is 0 Å². The van der Waals surface area contributed by atoms with Gasteiger partial charge in [-0.3, -0.25) is 24.4 Å². The van der Waals surface area contributed by atoms with Crippen molar-refractivity contribution in [3.63, 3.8) is 0 Å². The summed E-state index contributed by atoms with van der Waals surface area (Å²) in [6, 6.07) is 29.4. The molecule has 0 saturated heterocycles. The summed E-state index contributed by atoms with van der Waals surface area (Å²) in [6.45, 7) is 0.350. The maximum Gasteiger partial charge on any atom is 0.295 e. The molecule has 2 heterocycles. The maximum atomic E-state index is 15.3. The lowest BCUT2D eigenvalue weighted by Crippen LogP contribution is -2.54. The van der Waals surface area contributed by atoms with Crippen LogP contribution in [0.3, 0.4) is 0 Å². The Labute approximate surface area is 324 Å². The number of likely N-dealkylation sites (N-methyl/N-ethyl adjacent to an activating group) is 1. The van der Waals surface area contributed by atoms with Gasteiger partial charge in [0.15, 0.2) is 11.5 Å². The van der Waals surface area contributed by atoms with E-state index < -0.39 is 17.7 Å². The van der Waals surface area contributed by atoms with Gasteiger partial charge in [0, 0.05) is 56.4 Å². The number of ketones is 1. The smallest absolute Gasteiger partial charge is 0.295 e. The lowest BCUT2D eigenvalue weighted by atomic mass is 9.95. The average Bonchev–Trinajstić information content (AvgIpc) is 3.24. The number of carbonyl (C=O) groups is 3. The summed E-state index contributed by atoms with van der Waals surface area (Å²) in [4.78, 5) is 55.1. The number of Topliss-reactive ketones (excluding diaryl/α,β-unsaturated/α-hetero) is 1. The first-order chi connectivity index (χ1) is 26.8. The Morgan fingerprint density at radius 2 is 1.13 bits per heavy atom. The van der Waals surface area contributed by atoms with E-state index in [4.69, 9.17) is 14.2 Å². The van der Waals surface area contributed by atoms with Gasteiger partial charge in [-0.15, -0.1) is 0 Å². The summed E-state index contributed by atoms with van der Waals surface area (Å²) in [5, 5.41) is 0. The quantitative estimate of drug-likeness (QED) is 0.0609. The highest BCUT2D eigenvalue weighted by atomic mass is 16.5. The number of carbonyl (C=O) groups excluding carboxylic acids is 3. The molecule has 0 aliphatic rings. The number of amides is 2. The van der Waals surface area contributed by atoms with Crippen molar-refractivity contribution >= 4 is 17.6 Å². The normalized spacial score (nSPS) is 11.4. The topological polar surface area (TPSA) is 111 Å². The summed E-state index contributed by atoms with van der Waals surface area (Å²) in [7, 11) is 5.89. The molecule has 0 N–H and O–H groups in total. The molecule has 0 aliphatic heterocycles. The van der Waals surface area contributed by atoms with Gasteiger partial charge in [-0.1, -0.05) is 60.7 Å². The third-order valence-electron chi connectivity index (χ3n) is 9.89. The summed E-state index contributed by atoms with van der Waals surface area (Å²) >= 11 is 0. The molecule has 10 nitrogen and oxygen atoms in total. The number of rotatable bonds is 20. The fraction of sp³-hybridized carbons (Fsp3) is 0.311. The minimum absolute atomic E-state index is 0.0588. The zero-order valence-electron chi connectivity index (χ0n) is 32.1. The predicted octanol–water partition coefficient (Wildman–Crippen LogP) is 7.20. The van der Waals surface area contributed by atoms with E-state index in [1.54, 1.807) is 24.8 Å². The van der Waals surface area contributed by atoms with Crippen LogP contribution in [0.25, 0.3) is 0 Å². The first-order valence-corrected chi connectivity index (χ1v) is 18.6. The summed E-state index contributed by atoms with van der Waals surface area (Å²) in [5.74, 6) is -1.06. The Kier molecular flexibility index (Phi) is 14.9. The number of aromatic nitrogens is 2. The van der Waals surface area contributed by atoms with Gasteiger partial charge in [-0.25, -0.2) is 0 Å². The molecule has 2 aromatic heterocycles. The molecule has 0 fully saturated rings. The van der Waals surface area contributed by atoms with Crippen molar-refractivity contribution in [2.75, 3.05) is 28.4 Å². The van der Waals surface area contributed by atoms with Gasteiger partial charge in [0.1, 0.15) is 6.04 Å². The van der Waals surface area contributed by atoms with Crippen molar-refractivity contribution < 1.29 is 28.6 Å². The molecule has 0 spiro atoms. The first-order valence-electron chi connectivity index (χ1n) is 18.6.